The van der Waals surface area contributed by atoms with Crippen molar-refractivity contribution in [2.45, 2.75) is 76.2 Å². The fourth-order valence-electron chi connectivity index (χ4n) is 9.65. The summed E-state index contributed by atoms with van der Waals surface area (Å²) in [6.07, 6.45) is 6.94. The molecule has 16 heteroatoms. The number of anilines is 1. The van der Waals surface area contributed by atoms with Gasteiger partial charge in [0.25, 0.3) is 0 Å². The molecular formula is C48H59N3O13. The predicted molar refractivity (Wildman–Crippen MR) is 236 cm³/mol. The molecule has 344 valence electrons. The molecule has 0 saturated heterocycles. The van der Waals surface area contributed by atoms with Crippen molar-refractivity contribution in [1.29, 1.82) is 0 Å². The van der Waals surface area contributed by atoms with Gasteiger partial charge in [-0.2, -0.15) is 0 Å². The van der Waals surface area contributed by atoms with Gasteiger partial charge in [-0.15, -0.1) is 6.58 Å². The molecule has 4 aliphatic rings. The zero-order valence-electron chi connectivity index (χ0n) is 36.9. The fraction of sp³-hybridized carbons (Fsp3) is 0.479. The number of rotatable bonds is 20. The summed E-state index contributed by atoms with van der Waals surface area (Å²) in [4.78, 5) is 35.3. The van der Waals surface area contributed by atoms with Crippen LogP contribution in [0.15, 0.2) is 84.1 Å². The molecule has 3 N–H and O–H groups in total. The highest BCUT2D eigenvalue weighted by atomic mass is 16.7. The second-order valence-corrected chi connectivity index (χ2v) is 16.1. The second kappa shape index (κ2) is 21.1. The Balaban J connectivity index is 1.38. The van der Waals surface area contributed by atoms with Gasteiger partial charge in [-0.3, -0.25) is 10.2 Å². The number of allylic oxidation sites excluding steroid dienone is 1. The predicted octanol–water partition coefficient (Wildman–Crippen LogP) is 7.97. The molecule has 64 heavy (non-hydrogen) atoms. The van der Waals surface area contributed by atoms with E-state index < -0.39 is 29.9 Å². The number of aliphatic hydroxyl groups excluding tert-OH is 2. The van der Waals surface area contributed by atoms with Gasteiger partial charge in [0.2, 0.25) is 12.6 Å². The molecule has 2 aliphatic carbocycles. The Morgan fingerprint density at radius 2 is 1.70 bits per heavy atom. The molecule has 0 spiro atoms. The number of aliphatic hydroxyl groups is 2. The van der Waals surface area contributed by atoms with Crippen LogP contribution in [0, 0.1) is 17.8 Å². The first-order valence-electron chi connectivity index (χ1n) is 21.9. The number of fused-ring (bicyclic) bond motifs is 3. The Bertz CT molecular complexity index is 2200. The molecule has 2 heterocycles. The van der Waals surface area contributed by atoms with E-state index in [4.69, 9.17) is 47.9 Å². The molecule has 0 aromatic heterocycles. The minimum absolute atomic E-state index is 0.00586. The monoisotopic (exact) mass is 885 g/mol. The molecule has 0 radical (unpaired) electrons. The number of nitrogens with one attached hydrogen (secondary N) is 1. The van der Waals surface area contributed by atoms with Crippen molar-refractivity contribution >= 4 is 23.6 Å². The van der Waals surface area contributed by atoms with Crippen molar-refractivity contribution in [1.82, 2.24) is 4.90 Å². The maximum atomic E-state index is 14.3. The van der Waals surface area contributed by atoms with E-state index in [0.29, 0.717) is 59.6 Å². The number of benzene rings is 3. The van der Waals surface area contributed by atoms with Crippen LogP contribution in [0.3, 0.4) is 0 Å². The lowest BCUT2D eigenvalue weighted by Crippen LogP contribution is -2.70. The van der Waals surface area contributed by atoms with Gasteiger partial charge >= 0.3 is 12.2 Å². The lowest BCUT2D eigenvalue weighted by atomic mass is 9.55. The molecule has 3 aromatic carbocycles. The summed E-state index contributed by atoms with van der Waals surface area (Å²) >= 11 is 0. The third-order valence-electron chi connectivity index (χ3n) is 12.4. The van der Waals surface area contributed by atoms with Gasteiger partial charge in [0.1, 0.15) is 35.6 Å². The number of hydrogen-bond acceptors (Lipinski definition) is 14. The summed E-state index contributed by atoms with van der Waals surface area (Å²) in [6.45, 7) is 6.53. The van der Waals surface area contributed by atoms with Crippen LogP contribution in [0.25, 0.3) is 0 Å². The molecule has 6 unspecified atom stereocenters. The van der Waals surface area contributed by atoms with Crippen molar-refractivity contribution in [2.24, 2.45) is 22.9 Å². The Hall–Kier alpha value is -5.97. The Morgan fingerprint density at radius 3 is 2.44 bits per heavy atom. The summed E-state index contributed by atoms with van der Waals surface area (Å²) in [6, 6.07) is 15.0. The standard InChI is InChI=1S/C48H59N3O13/c1-6-22-61-48-43(51(47(55)58-5)28-30-14-18-40-42(23-30)60-29-59-40)27-38(50-62-7-2)35-24-31(12-8-10-20-52)34(13-9-11-21-53)44(45(35)48)36-25-33(16-19-39(36)64-48)63-46(54)49-37-17-15-32(56-3)26-41(37)57-4/h6,14-19,23-26,31,34,43-45,52-53H,1,7-13,20-22,27-29H2,2-5H3,(H,49,54). The molecule has 0 bridgehead atoms. The van der Waals surface area contributed by atoms with Crippen molar-refractivity contribution in [3.63, 3.8) is 0 Å². The average molecular weight is 886 g/mol. The number of nitrogens with zero attached hydrogens (tertiary/aromatic N) is 2. The Kier molecular flexibility index (Phi) is 15.2. The summed E-state index contributed by atoms with van der Waals surface area (Å²) in [5.41, 5.74) is 3.42. The highest BCUT2D eigenvalue weighted by Crippen LogP contribution is 2.62. The molecule has 16 nitrogen and oxygen atoms in total. The van der Waals surface area contributed by atoms with Crippen LogP contribution in [0.1, 0.15) is 68.9 Å². The maximum absolute atomic E-state index is 14.3. The van der Waals surface area contributed by atoms with Crippen molar-refractivity contribution in [2.75, 3.05) is 59.9 Å². The summed E-state index contributed by atoms with van der Waals surface area (Å²) < 4.78 is 47.9. The number of ether oxygens (including phenoxy) is 8. The molecular weight excluding hydrogens is 827 g/mol. The highest BCUT2D eigenvalue weighted by molar-refractivity contribution is 6.03. The zero-order chi connectivity index (χ0) is 45.2. The third kappa shape index (κ3) is 9.59. The lowest BCUT2D eigenvalue weighted by Gasteiger charge is -2.59. The minimum atomic E-state index is -1.54. The molecule has 1 fully saturated rings. The van der Waals surface area contributed by atoms with Crippen molar-refractivity contribution < 1.29 is 62.5 Å². The number of amides is 2. The van der Waals surface area contributed by atoms with Gasteiger partial charge in [0, 0.05) is 43.7 Å². The van der Waals surface area contributed by atoms with Crippen LogP contribution in [0.4, 0.5) is 15.3 Å². The lowest BCUT2D eigenvalue weighted by molar-refractivity contribution is -0.256. The number of methoxy groups -OCH3 is 3. The van der Waals surface area contributed by atoms with Crippen molar-refractivity contribution in [3.05, 3.63) is 90.0 Å². The van der Waals surface area contributed by atoms with Gasteiger partial charge in [-0.25, -0.2) is 9.59 Å². The number of carbonyl (C=O) groups excluding carboxylic acids is 2. The summed E-state index contributed by atoms with van der Waals surface area (Å²) in [5, 5.41) is 27.4. The average Bonchev–Trinajstić information content (AvgIpc) is 3.79. The van der Waals surface area contributed by atoms with Gasteiger partial charge in [-0.05, 0) is 98.0 Å². The summed E-state index contributed by atoms with van der Waals surface area (Å²) in [7, 11) is 4.38. The summed E-state index contributed by atoms with van der Waals surface area (Å²) in [5.74, 6) is 0.315. The molecule has 2 aliphatic heterocycles. The van der Waals surface area contributed by atoms with E-state index >= 15 is 0 Å². The van der Waals surface area contributed by atoms with E-state index in [0.717, 1.165) is 42.4 Å². The SMILES string of the molecule is C=CCOC12Oc3ccc(OC(=O)Nc4ccc(OC)cc4OC)cc3C3C(CCCCO)C(CCCCO)C=C(C(=NOCC)CC1N(Cc1ccc4c(c1)OCO4)C(=O)OC)C32. The van der Waals surface area contributed by atoms with E-state index in [1.165, 1.54) is 14.2 Å². The molecule has 2 amide bonds. The Morgan fingerprint density at radius 1 is 0.938 bits per heavy atom. The Labute approximate surface area is 373 Å². The number of unbranched alkanes of at least 4 members (excludes halogenated alkanes) is 2. The van der Waals surface area contributed by atoms with Crippen molar-refractivity contribution in [3.8, 4) is 34.5 Å². The van der Waals surface area contributed by atoms with Crippen LogP contribution < -0.4 is 33.7 Å². The first kappa shape index (κ1) is 46.0. The van der Waals surface area contributed by atoms with Gasteiger partial charge in [0.05, 0.1) is 45.3 Å². The van der Waals surface area contributed by atoms with E-state index in [-0.39, 0.29) is 63.1 Å². The smallest absolute Gasteiger partial charge is 0.417 e. The molecule has 3 aromatic rings. The van der Waals surface area contributed by atoms with Gasteiger partial charge in [-0.1, -0.05) is 36.2 Å². The van der Waals surface area contributed by atoms with E-state index in [1.807, 2.05) is 31.2 Å². The largest absolute Gasteiger partial charge is 0.497 e. The third-order valence-corrected chi connectivity index (χ3v) is 12.4. The van der Waals surface area contributed by atoms with Crippen LogP contribution >= 0.6 is 0 Å². The first-order valence-corrected chi connectivity index (χ1v) is 21.9. The number of oxime groups is 1. The number of hydrogen-bond donors (Lipinski definition) is 3. The van der Waals surface area contributed by atoms with Crippen LogP contribution in [0.2, 0.25) is 0 Å². The molecule has 1 saturated carbocycles. The van der Waals surface area contributed by atoms with E-state index in [9.17, 15) is 19.8 Å². The van der Waals surface area contributed by atoms with E-state index in [2.05, 4.69) is 18.0 Å². The quantitative estimate of drug-likeness (QED) is 0.0564. The normalized spacial score (nSPS) is 23.1. The first-order chi connectivity index (χ1) is 31.2. The van der Waals surface area contributed by atoms with Crippen LogP contribution in [-0.2, 0) is 20.9 Å². The zero-order valence-corrected chi connectivity index (χ0v) is 36.9. The molecule has 6 atom stereocenters. The fourth-order valence-corrected chi connectivity index (χ4v) is 9.65. The number of carbonyl (C=O) groups is 2. The second-order valence-electron chi connectivity index (χ2n) is 16.1. The highest BCUT2D eigenvalue weighted by Gasteiger charge is 2.65. The van der Waals surface area contributed by atoms with Gasteiger partial charge in [0.15, 0.2) is 11.5 Å². The maximum Gasteiger partial charge on any atom is 0.417 e. The van der Waals surface area contributed by atoms with Crippen LogP contribution in [0.5, 0.6) is 34.5 Å². The van der Waals surface area contributed by atoms with E-state index in [1.54, 1.807) is 48.4 Å². The topological polar surface area (TPSA) is 185 Å². The minimum Gasteiger partial charge on any atom is -0.497 e. The van der Waals surface area contributed by atoms with Crippen LogP contribution in [-0.4, -0.2) is 99.4 Å². The molecule has 7 rings (SSSR count). The van der Waals surface area contributed by atoms with Gasteiger partial charge < -0.3 is 52.9 Å².